The molecule has 27 heavy (non-hydrogen) atoms. The number of anilines is 1. The summed E-state index contributed by atoms with van der Waals surface area (Å²) in [4.78, 5) is 7.10. The standard InChI is InChI=1S/C22H30N4.HI/c1-17-8-9-21(14-18(17)2)25-22(23)24-15-20-11-13-26(16-20)12-10-19-6-4-3-5-7-19;/h3-9,14,20H,10-13,15-16H2,1-2H3,(H3,23,24,25);1H. The molecule has 2 aromatic rings. The molecular weight excluding hydrogens is 447 g/mol. The maximum atomic E-state index is 6.07. The summed E-state index contributed by atoms with van der Waals surface area (Å²) in [5.74, 6) is 1.11. The van der Waals surface area contributed by atoms with Crippen LogP contribution in [-0.4, -0.2) is 37.0 Å². The van der Waals surface area contributed by atoms with Crippen molar-refractivity contribution >= 4 is 35.6 Å². The van der Waals surface area contributed by atoms with Gasteiger partial charge >= 0.3 is 0 Å². The first-order chi connectivity index (χ1) is 12.6. The van der Waals surface area contributed by atoms with Crippen molar-refractivity contribution in [2.45, 2.75) is 26.7 Å². The number of hydrogen-bond acceptors (Lipinski definition) is 2. The van der Waals surface area contributed by atoms with E-state index in [9.17, 15) is 0 Å². The molecule has 3 rings (SSSR count). The van der Waals surface area contributed by atoms with Gasteiger partial charge in [-0.1, -0.05) is 36.4 Å². The van der Waals surface area contributed by atoms with E-state index in [2.05, 4.69) is 71.5 Å². The monoisotopic (exact) mass is 478 g/mol. The Morgan fingerprint density at radius 3 is 2.67 bits per heavy atom. The van der Waals surface area contributed by atoms with Gasteiger partial charge in [-0.15, -0.1) is 24.0 Å². The molecule has 5 heteroatoms. The Labute approximate surface area is 180 Å². The molecule has 4 nitrogen and oxygen atoms in total. The van der Waals surface area contributed by atoms with E-state index in [0.29, 0.717) is 11.9 Å². The molecule has 0 saturated carbocycles. The Balaban J connectivity index is 0.00000261. The van der Waals surface area contributed by atoms with Gasteiger partial charge in [-0.3, -0.25) is 4.99 Å². The van der Waals surface area contributed by atoms with Gasteiger partial charge < -0.3 is 16.0 Å². The molecule has 1 fully saturated rings. The van der Waals surface area contributed by atoms with Crippen LogP contribution in [0.5, 0.6) is 0 Å². The summed E-state index contributed by atoms with van der Waals surface area (Å²) in [5, 5.41) is 3.21. The first-order valence-electron chi connectivity index (χ1n) is 9.50. The highest BCUT2D eigenvalue weighted by Crippen LogP contribution is 2.17. The third kappa shape index (κ3) is 6.81. The van der Waals surface area contributed by atoms with Crippen LogP contribution < -0.4 is 11.1 Å². The zero-order valence-corrected chi connectivity index (χ0v) is 18.6. The van der Waals surface area contributed by atoms with Gasteiger partial charge in [0.05, 0.1) is 0 Å². The fourth-order valence-electron chi connectivity index (χ4n) is 3.43. The second-order valence-electron chi connectivity index (χ2n) is 7.34. The first-order valence-corrected chi connectivity index (χ1v) is 9.50. The second-order valence-corrected chi connectivity index (χ2v) is 7.34. The van der Waals surface area contributed by atoms with E-state index in [1.54, 1.807) is 0 Å². The van der Waals surface area contributed by atoms with E-state index in [4.69, 9.17) is 5.73 Å². The number of nitrogens with two attached hydrogens (primary N) is 1. The summed E-state index contributed by atoms with van der Waals surface area (Å²) < 4.78 is 0. The first kappa shape index (κ1) is 21.7. The quantitative estimate of drug-likeness (QED) is 0.372. The van der Waals surface area contributed by atoms with Gasteiger partial charge in [0, 0.05) is 25.3 Å². The summed E-state index contributed by atoms with van der Waals surface area (Å²) in [6, 6.07) is 17.0. The number of nitrogens with zero attached hydrogens (tertiary/aromatic N) is 2. The fourth-order valence-corrected chi connectivity index (χ4v) is 3.43. The zero-order valence-electron chi connectivity index (χ0n) is 16.3. The molecule has 0 aliphatic carbocycles. The minimum atomic E-state index is 0. The molecular formula is C22H31IN4. The number of rotatable bonds is 6. The van der Waals surface area contributed by atoms with Gasteiger partial charge in [0.1, 0.15) is 0 Å². The summed E-state index contributed by atoms with van der Waals surface area (Å²) in [6.07, 6.45) is 2.32. The highest BCUT2D eigenvalue weighted by molar-refractivity contribution is 14.0. The van der Waals surface area contributed by atoms with Crippen molar-refractivity contribution in [2.24, 2.45) is 16.6 Å². The Kier molecular flexibility index (Phi) is 8.57. The molecule has 1 atom stereocenters. The molecule has 0 spiro atoms. The number of aliphatic imine (C=N–C) groups is 1. The Hall–Kier alpha value is -1.60. The Morgan fingerprint density at radius 1 is 1.15 bits per heavy atom. The Bertz CT molecular complexity index is 745. The van der Waals surface area contributed by atoms with Crippen molar-refractivity contribution in [3.63, 3.8) is 0 Å². The molecule has 1 aliphatic rings. The van der Waals surface area contributed by atoms with Gasteiger partial charge in [0.25, 0.3) is 0 Å². The number of aryl methyl sites for hydroxylation is 2. The lowest BCUT2D eigenvalue weighted by Crippen LogP contribution is -2.26. The average molecular weight is 478 g/mol. The van der Waals surface area contributed by atoms with Crippen LogP contribution in [0.25, 0.3) is 0 Å². The van der Waals surface area contributed by atoms with Crippen molar-refractivity contribution in [3.05, 3.63) is 65.2 Å². The largest absolute Gasteiger partial charge is 0.370 e. The van der Waals surface area contributed by atoms with Crippen LogP contribution in [-0.2, 0) is 6.42 Å². The van der Waals surface area contributed by atoms with E-state index < -0.39 is 0 Å². The van der Waals surface area contributed by atoms with Gasteiger partial charge in [-0.2, -0.15) is 0 Å². The van der Waals surface area contributed by atoms with Crippen molar-refractivity contribution in [2.75, 3.05) is 31.5 Å². The number of nitrogens with one attached hydrogen (secondary N) is 1. The number of guanidine groups is 1. The van der Waals surface area contributed by atoms with Crippen molar-refractivity contribution in [3.8, 4) is 0 Å². The number of benzene rings is 2. The summed E-state index contributed by atoms with van der Waals surface area (Å²) in [6.45, 7) is 8.42. The van der Waals surface area contributed by atoms with E-state index >= 15 is 0 Å². The highest BCUT2D eigenvalue weighted by Gasteiger charge is 2.21. The maximum absolute atomic E-state index is 6.07. The molecule has 146 valence electrons. The van der Waals surface area contributed by atoms with Crippen molar-refractivity contribution < 1.29 is 0 Å². The van der Waals surface area contributed by atoms with Gasteiger partial charge in [-0.25, -0.2) is 0 Å². The van der Waals surface area contributed by atoms with E-state index in [0.717, 1.165) is 38.3 Å². The second kappa shape index (κ2) is 10.7. The van der Waals surface area contributed by atoms with Crippen LogP contribution in [0.2, 0.25) is 0 Å². The molecule has 0 amide bonds. The predicted octanol–water partition coefficient (Wildman–Crippen LogP) is 4.21. The van der Waals surface area contributed by atoms with Crippen molar-refractivity contribution in [1.82, 2.24) is 4.90 Å². The molecule has 1 saturated heterocycles. The molecule has 1 aliphatic heterocycles. The smallest absolute Gasteiger partial charge is 0.193 e. The minimum Gasteiger partial charge on any atom is -0.370 e. The maximum Gasteiger partial charge on any atom is 0.193 e. The van der Waals surface area contributed by atoms with Gasteiger partial charge in [0.15, 0.2) is 5.96 Å². The highest BCUT2D eigenvalue weighted by atomic mass is 127. The van der Waals surface area contributed by atoms with Gasteiger partial charge in [-0.05, 0) is 68.0 Å². The normalized spacial score (nSPS) is 17.6. The molecule has 1 unspecified atom stereocenters. The van der Waals surface area contributed by atoms with Crippen LogP contribution in [0.15, 0.2) is 53.5 Å². The average Bonchev–Trinajstić information content (AvgIpc) is 3.10. The lowest BCUT2D eigenvalue weighted by atomic mass is 10.1. The van der Waals surface area contributed by atoms with E-state index in [1.807, 2.05) is 6.07 Å². The molecule has 0 radical (unpaired) electrons. The Morgan fingerprint density at radius 2 is 1.93 bits per heavy atom. The third-order valence-electron chi connectivity index (χ3n) is 5.23. The van der Waals surface area contributed by atoms with Crippen LogP contribution in [0.4, 0.5) is 5.69 Å². The SMILES string of the molecule is Cc1ccc(NC(N)=NCC2CCN(CCc3ccccc3)C2)cc1C.I. The van der Waals surface area contributed by atoms with E-state index in [-0.39, 0.29) is 24.0 Å². The zero-order chi connectivity index (χ0) is 18.4. The summed E-state index contributed by atoms with van der Waals surface area (Å²) >= 11 is 0. The molecule has 1 heterocycles. The van der Waals surface area contributed by atoms with Crippen molar-refractivity contribution in [1.29, 1.82) is 0 Å². The molecule has 2 aromatic carbocycles. The minimum absolute atomic E-state index is 0. The van der Waals surface area contributed by atoms with Crippen LogP contribution in [0.3, 0.4) is 0 Å². The molecule has 3 N–H and O–H groups in total. The van der Waals surface area contributed by atoms with Gasteiger partial charge in [0.2, 0.25) is 0 Å². The molecule has 0 bridgehead atoms. The lowest BCUT2D eigenvalue weighted by Gasteiger charge is -2.15. The summed E-state index contributed by atoms with van der Waals surface area (Å²) in [7, 11) is 0. The fraction of sp³-hybridized carbons (Fsp3) is 0.409. The number of hydrogen-bond donors (Lipinski definition) is 2. The predicted molar refractivity (Wildman–Crippen MR) is 126 cm³/mol. The van der Waals surface area contributed by atoms with Crippen LogP contribution in [0, 0.1) is 19.8 Å². The number of halogens is 1. The van der Waals surface area contributed by atoms with Crippen LogP contribution in [0.1, 0.15) is 23.1 Å². The summed E-state index contributed by atoms with van der Waals surface area (Å²) in [5.41, 5.74) is 11.0. The lowest BCUT2D eigenvalue weighted by molar-refractivity contribution is 0.330. The topological polar surface area (TPSA) is 53.6 Å². The van der Waals surface area contributed by atoms with Crippen LogP contribution >= 0.6 is 24.0 Å². The number of likely N-dealkylation sites (tertiary alicyclic amines) is 1. The molecule has 0 aromatic heterocycles. The van der Waals surface area contributed by atoms with E-state index in [1.165, 1.54) is 23.1 Å². The third-order valence-corrected chi connectivity index (χ3v) is 5.23.